The highest BCUT2D eigenvalue weighted by atomic mass is 35.5. The van der Waals surface area contributed by atoms with Crippen LogP contribution in [0, 0.1) is 0 Å². The summed E-state index contributed by atoms with van der Waals surface area (Å²) in [5, 5.41) is 9.25. The molecule has 3 aromatic rings. The van der Waals surface area contributed by atoms with E-state index in [1.54, 1.807) is 11.3 Å². The van der Waals surface area contributed by atoms with Crippen molar-refractivity contribution in [1.82, 2.24) is 9.97 Å². The number of nitrogens with zero attached hydrogens (tertiary/aromatic N) is 2. The predicted octanol–water partition coefficient (Wildman–Crippen LogP) is 4.90. The number of aromatic nitrogens is 2. The molecule has 1 saturated carbocycles. The second-order valence-electron chi connectivity index (χ2n) is 6.12. The highest BCUT2D eigenvalue weighted by Gasteiger charge is 2.26. The summed E-state index contributed by atoms with van der Waals surface area (Å²) >= 11 is 9.07. The lowest BCUT2D eigenvalue weighted by atomic mass is 10.2. The predicted molar refractivity (Wildman–Crippen MR) is 103 cm³/mol. The zero-order valence-corrected chi connectivity index (χ0v) is 15.8. The Morgan fingerprint density at radius 1 is 1.24 bits per heavy atom. The number of nitrogens with one attached hydrogen (secondary N) is 1. The smallest absolute Gasteiger partial charge is 0.232 e. The zero-order valence-electron chi connectivity index (χ0n) is 13.4. The Hall–Kier alpha value is -1.76. The summed E-state index contributed by atoms with van der Waals surface area (Å²) in [5.41, 5.74) is 3.02. The van der Waals surface area contributed by atoms with E-state index in [0.29, 0.717) is 11.0 Å². The average molecular weight is 390 g/mol. The lowest BCUT2D eigenvalue weighted by molar-refractivity contribution is -0.115. The minimum Gasteiger partial charge on any atom is -0.302 e. The monoisotopic (exact) mass is 389 g/mol. The van der Waals surface area contributed by atoms with E-state index in [1.165, 1.54) is 24.2 Å². The maximum absolute atomic E-state index is 12.2. The Kier molecular flexibility index (Phi) is 4.83. The number of carbonyl (C=O) groups excluding carboxylic acids is 1. The SMILES string of the molecule is O=C(Cc1csc(Cc2cccc(Cl)c2)n1)Nc1nc(C2CC2)cs1. The van der Waals surface area contributed by atoms with Gasteiger partial charge in [-0.2, -0.15) is 0 Å². The Labute approximate surface area is 158 Å². The molecule has 4 nitrogen and oxygen atoms in total. The Balaban J connectivity index is 1.34. The van der Waals surface area contributed by atoms with Crippen molar-refractivity contribution < 1.29 is 4.79 Å². The van der Waals surface area contributed by atoms with Crippen molar-refractivity contribution >= 4 is 45.3 Å². The Morgan fingerprint density at radius 2 is 2.12 bits per heavy atom. The van der Waals surface area contributed by atoms with E-state index in [-0.39, 0.29) is 12.3 Å². The number of thiazole rings is 2. The molecule has 0 saturated heterocycles. The Bertz CT molecular complexity index is 901. The topological polar surface area (TPSA) is 54.9 Å². The molecule has 7 heteroatoms. The van der Waals surface area contributed by atoms with Crippen molar-refractivity contribution in [1.29, 1.82) is 0 Å². The number of amides is 1. The van der Waals surface area contributed by atoms with Gasteiger partial charge in [0.25, 0.3) is 0 Å². The molecule has 1 aromatic carbocycles. The van der Waals surface area contributed by atoms with Gasteiger partial charge < -0.3 is 5.32 Å². The van der Waals surface area contributed by atoms with E-state index in [2.05, 4.69) is 15.3 Å². The van der Waals surface area contributed by atoms with E-state index in [9.17, 15) is 4.79 Å². The van der Waals surface area contributed by atoms with Crippen molar-refractivity contribution in [2.75, 3.05) is 5.32 Å². The number of anilines is 1. The molecule has 1 aliphatic rings. The van der Waals surface area contributed by atoms with Crippen molar-refractivity contribution in [2.24, 2.45) is 0 Å². The van der Waals surface area contributed by atoms with Gasteiger partial charge in [0.2, 0.25) is 5.91 Å². The summed E-state index contributed by atoms with van der Waals surface area (Å²) < 4.78 is 0. The molecule has 0 atom stereocenters. The molecule has 2 heterocycles. The third-order valence-corrected chi connectivity index (χ3v) is 5.86. The minimum absolute atomic E-state index is 0.0729. The van der Waals surface area contributed by atoms with Gasteiger partial charge in [0.15, 0.2) is 5.13 Å². The summed E-state index contributed by atoms with van der Waals surface area (Å²) in [6.45, 7) is 0. The van der Waals surface area contributed by atoms with Gasteiger partial charge in [0.1, 0.15) is 0 Å². The molecule has 0 aliphatic heterocycles. The number of rotatable bonds is 6. The standard InChI is InChI=1S/C18H16ClN3OS2/c19-13-3-1-2-11(6-13)7-17-20-14(9-24-17)8-16(23)22-18-21-15(10-25-18)12-4-5-12/h1-3,6,9-10,12H,4-5,7-8H2,(H,21,22,23). The van der Waals surface area contributed by atoms with Gasteiger partial charge >= 0.3 is 0 Å². The molecule has 4 rings (SSSR count). The van der Waals surface area contributed by atoms with Crippen LogP contribution in [-0.2, 0) is 17.6 Å². The molecule has 0 spiro atoms. The van der Waals surface area contributed by atoms with Crippen LogP contribution in [0.3, 0.4) is 0 Å². The minimum atomic E-state index is -0.0729. The summed E-state index contributed by atoms with van der Waals surface area (Å²) in [5.74, 6) is 0.533. The largest absolute Gasteiger partial charge is 0.302 e. The first-order chi connectivity index (χ1) is 12.2. The van der Waals surface area contributed by atoms with Crippen LogP contribution in [0.5, 0.6) is 0 Å². The molecule has 1 amide bonds. The number of hydrogen-bond acceptors (Lipinski definition) is 5. The number of carbonyl (C=O) groups is 1. The van der Waals surface area contributed by atoms with Crippen LogP contribution < -0.4 is 5.32 Å². The van der Waals surface area contributed by atoms with Crippen LogP contribution in [0.2, 0.25) is 5.02 Å². The van der Waals surface area contributed by atoms with Crippen LogP contribution in [0.25, 0.3) is 0 Å². The molecule has 1 N–H and O–H groups in total. The highest BCUT2D eigenvalue weighted by Crippen LogP contribution is 2.40. The molecule has 128 valence electrons. The second-order valence-corrected chi connectivity index (χ2v) is 8.35. The van der Waals surface area contributed by atoms with Crippen LogP contribution in [0.4, 0.5) is 5.13 Å². The number of benzene rings is 1. The van der Waals surface area contributed by atoms with Gasteiger partial charge in [-0.15, -0.1) is 22.7 Å². The normalized spacial score (nSPS) is 13.8. The number of halogens is 1. The van der Waals surface area contributed by atoms with E-state index in [4.69, 9.17) is 11.6 Å². The van der Waals surface area contributed by atoms with Crippen molar-refractivity contribution in [2.45, 2.75) is 31.6 Å². The fourth-order valence-corrected chi connectivity index (χ4v) is 4.42. The second kappa shape index (κ2) is 7.23. The van der Waals surface area contributed by atoms with Crippen LogP contribution >= 0.6 is 34.3 Å². The lowest BCUT2D eigenvalue weighted by Crippen LogP contribution is -2.14. The van der Waals surface area contributed by atoms with Crippen molar-refractivity contribution in [3.8, 4) is 0 Å². The molecule has 0 unspecified atom stereocenters. The van der Waals surface area contributed by atoms with E-state index in [0.717, 1.165) is 33.4 Å². The number of hydrogen-bond donors (Lipinski definition) is 1. The quantitative estimate of drug-likeness (QED) is 0.652. The summed E-state index contributed by atoms with van der Waals surface area (Å²) in [6, 6.07) is 7.76. The summed E-state index contributed by atoms with van der Waals surface area (Å²) in [4.78, 5) is 21.2. The van der Waals surface area contributed by atoms with E-state index < -0.39 is 0 Å². The molecule has 25 heavy (non-hydrogen) atoms. The third kappa shape index (κ3) is 4.45. The fourth-order valence-electron chi connectivity index (χ4n) is 2.57. The van der Waals surface area contributed by atoms with Gasteiger partial charge in [0.05, 0.1) is 22.8 Å². The molecule has 1 fully saturated rings. The molecular formula is C18H16ClN3OS2. The van der Waals surface area contributed by atoms with Gasteiger partial charge in [0, 0.05) is 28.1 Å². The average Bonchev–Trinajstić information content (AvgIpc) is 3.17. The first-order valence-corrected chi connectivity index (χ1v) is 10.2. The van der Waals surface area contributed by atoms with Crippen molar-refractivity contribution in [3.63, 3.8) is 0 Å². The maximum atomic E-state index is 12.2. The molecule has 2 aromatic heterocycles. The van der Waals surface area contributed by atoms with Gasteiger partial charge in [-0.1, -0.05) is 23.7 Å². The molecule has 1 aliphatic carbocycles. The summed E-state index contributed by atoms with van der Waals surface area (Å²) in [6.07, 6.45) is 3.42. The maximum Gasteiger partial charge on any atom is 0.232 e. The molecular weight excluding hydrogens is 374 g/mol. The lowest BCUT2D eigenvalue weighted by Gasteiger charge is -2.00. The van der Waals surface area contributed by atoms with Gasteiger partial charge in [-0.05, 0) is 30.5 Å². The van der Waals surface area contributed by atoms with Gasteiger partial charge in [-0.3, -0.25) is 4.79 Å². The molecule has 0 radical (unpaired) electrons. The van der Waals surface area contributed by atoms with Crippen LogP contribution in [0.15, 0.2) is 35.0 Å². The third-order valence-electron chi connectivity index (χ3n) is 3.95. The van der Waals surface area contributed by atoms with E-state index in [1.807, 2.05) is 35.0 Å². The highest BCUT2D eigenvalue weighted by molar-refractivity contribution is 7.14. The molecule has 0 bridgehead atoms. The van der Waals surface area contributed by atoms with Crippen LogP contribution in [-0.4, -0.2) is 15.9 Å². The first kappa shape index (κ1) is 16.7. The zero-order chi connectivity index (χ0) is 17.2. The Morgan fingerprint density at radius 3 is 2.92 bits per heavy atom. The fraction of sp³-hybridized carbons (Fsp3) is 0.278. The van der Waals surface area contributed by atoms with Gasteiger partial charge in [-0.25, -0.2) is 9.97 Å². The van der Waals surface area contributed by atoms with Crippen molar-refractivity contribution in [3.05, 3.63) is 62.0 Å². The summed E-state index contributed by atoms with van der Waals surface area (Å²) in [7, 11) is 0. The van der Waals surface area contributed by atoms with Crippen LogP contribution in [0.1, 0.15) is 40.7 Å². The van der Waals surface area contributed by atoms with E-state index >= 15 is 0 Å². The first-order valence-electron chi connectivity index (χ1n) is 8.09.